The van der Waals surface area contributed by atoms with Crippen molar-refractivity contribution in [1.82, 2.24) is 40.4 Å². The molecule has 2 aromatic heterocycles. The van der Waals surface area contributed by atoms with Crippen LogP contribution in [0.15, 0.2) is 42.5 Å². The summed E-state index contributed by atoms with van der Waals surface area (Å²) in [6.45, 7) is 5.57. The Labute approximate surface area is 218 Å². The Balaban J connectivity index is 1.18. The number of anilines is 1. The predicted molar refractivity (Wildman–Crippen MR) is 138 cm³/mol. The third-order valence-electron chi connectivity index (χ3n) is 7.11. The highest BCUT2D eigenvalue weighted by Crippen LogP contribution is 2.31. The van der Waals surface area contributed by atoms with Gasteiger partial charge in [-0.1, -0.05) is 11.6 Å². The highest BCUT2D eigenvalue weighted by atomic mass is 35.5. The lowest BCUT2D eigenvalue weighted by atomic mass is 10.1. The first kappa shape index (κ1) is 23.7. The molecule has 4 heterocycles. The van der Waals surface area contributed by atoms with Gasteiger partial charge < -0.3 is 14.9 Å². The Morgan fingerprint density at radius 3 is 2.57 bits per heavy atom. The Morgan fingerprint density at radius 2 is 1.84 bits per heavy atom. The molecular weight excluding hydrogens is 494 g/mol. The highest BCUT2D eigenvalue weighted by Gasteiger charge is 2.38. The van der Waals surface area contributed by atoms with E-state index in [4.69, 9.17) is 16.6 Å². The van der Waals surface area contributed by atoms with Crippen LogP contribution in [0.5, 0.6) is 0 Å². The average molecular weight is 520 g/mol. The van der Waals surface area contributed by atoms with E-state index in [1.54, 1.807) is 24.3 Å². The number of tetrazole rings is 1. The summed E-state index contributed by atoms with van der Waals surface area (Å²) in [6.07, 6.45) is -0.538. The molecule has 2 saturated heterocycles. The van der Waals surface area contributed by atoms with E-state index in [0.29, 0.717) is 61.5 Å². The van der Waals surface area contributed by atoms with Crippen LogP contribution in [-0.4, -0.2) is 103 Å². The molecule has 4 aromatic rings. The third-order valence-corrected chi connectivity index (χ3v) is 7.36. The monoisotopic (exact) mass is 519 g/mol. The second kappa shape index (κ2) is 9.66. The van der Waals surface area contributed by atoms with Gasteiger partial charge in [0.05, 0.1) is 17.7 Å². The molecule has 2 aliphatic heterocycles. The minimum atomic E-state index is -0.538. The lowest BCUT2D eigenvalue weighted by molar-refractivity contribution is 0.0376. The summed E-state index contributed by atoms with van der Waals surface area (Å²) in [4.78, 5) is 28.5. The van der Waals surface area contributed by atoms with E-state index in [0.717, 1.165) is 22.3 Å². The molecule has 0 radical (unpaired) electrons. The lowest BCUT2D eigenvalue weighted by Crippen LogP contribution is -2.54. The number of aromatic nitrogens is 6. The van der Waals surface area contributed by atoms with Crippen molar-refractivity contribution in [2.24, 2.45) is 0 Å². The summed E-state index contributed by atoms with van der Waals surface area (Å²) in [5.41, 5.74) is 2.27. The van der Waals surface area contributed by atoms with E-state index in [1.807, 2.05) is 30.0 Å². The minimum Gasteiger partial charge on any atom is -0.390 e. The van der Waals surface area contributed by atoms with Gasteiger partial charge in [0.2, 0.25) is 5.82 Å². The standard InChI is InChI=1S/C25H26ClN9O2/c1-15-27-20-7-4-17(23-29-31-32-30-23)12-19(20)24(28-15)35-13-21(22(36)14-35)33-8-10-34(11-9-33)25(37)16-2-5-18(26)6-3-16/h2-7,12,21-22,36H,8-11,13-14H2,1H3,(H,29,30,31,32)/t21-,22-/m0/s1. The first-order valence-electron chi connectivity index (χ1n) is 12.2. The summed E-state index contributed by atoms with van der Waals surface area (Å²) < 4.78 is 0. The number of hydrogen-bond donors (Lipinski definition) is 2. The van der Waals surface area contributed by atoms with E-state index >= 15 is 0 Å². The number of benzene rings is 2. The first-order chi connectivity index (χ1) is 18.0. The smallest absolute Gasteiger partial charge is 0.253 e. The minimum absolute atomic E-state index is 0.00486. The number of carbonyl (C=O) groups excluding carboxylic acids is 1. The van der Waals surface area contributed by atoms with Gasteiger partial charge in [-0.2, -0.15) is 5.21 Å². The van der Waals surface area contributed by atoms with Crippen LogP contribution >= 0.6 is 11.6 Å². The second-order valence-corrected chi connectivity index (χ2v) is 9.87. The highest BCUT2D eigenvalue weighted by molar-refractivity contribution is 6.30. The number of fused-ring (bicyclic) bond motifs is 1. The number of halogens is 1. The van der Waals surface area contributed by atoms with Gasteiger partial charge in [0.15, 0.2) is 0 Å². The largest absolute Gasteiger partial charge is 0.390 e. The molecule has 2 atom stereocenters. The number of aliphatic hydroxyl groups excluding tert-OH is 1. The topological polar surface area (TPSA) is 127 Å². The summed E-state index contributed by atoms with van der Waals surface area (Å²) in [6, 6.07) is 12.7. The quantitative estimate of drug-likeness (QED) is 0.414. The van der Waals surface area contributed by atoms with Crippen LogP contribution in [-0.2, 0) is 0 Å². The zero-order chi connectivity index (χ0) is 25.5. The van der Waals surface area contributed by atoms with Crippen LogP contribution in [0.1, 0.15) is 16.2 Å². The number of carbonyl (C=O) groups is 1. The number of aromatic amines is 1. The number of amides is 1. The molecule has 2 N–H and O–H groups in total. The SMILES string of the molecule is Cc1nc(N2C[C@H](O)[C@@H](N3CCN(C(=O)c4ccc(Cl)cc4)CC3)C2)c2cc(-c3nn[nH]n3)ccc2n1. The Morgan fingerprint density at radius 1 is 1.05 bits per heavy atom. The molecule has 6 rings (SSSR count). The molecule has 2 aromatic carbocycles. The van der Waals surface area contributed by atoms with Crippen LogP contribution in [0.2, 0.25) is 5.02 Å². The van der Waals surface area contributed by atoms with Crippen molar-refractivity contribution < 1.29 is 9.90 Å². The number of rotatable bonds is 4. The van der Waals surface area contributed by atoms with E-state index in [-0.39, 0.29) is 11.9 Å². The van der Waals surface area contributed by atoms with Gasteiger partial charge in [-0.05, 0) is 54.6 Å². The fourth-order valence-electron chi connectivity index (χ4n) is 5.22. The van der Waals surface area contributed by atoms with Crippen molar-refractivity contribution in [3.05, 3.63) is 58.9 Å². The van der Waals surface area contributed by atoms with E-state index < -0.39 is 6.10 Å². The fraction of sp³-hybridized carbons (Fsp3) is 0.360. The maximum atomic E-state index is 12.9. The van der Waals surface area contributed by atoms with Gasteiger partial charge in [0, 0.05) is 60.8 Å². The fourth-order valence-corrected chi connectivity index (χ4v) is 5.35. The molecule has 0 spiro atoms. The molecule has 2 aliphatic rings. The van der Waals surface area contributed by atoms with Gasteiger partial charge in [0.1, 0.15) is 11.6 Å². The molecular formula is C25H26ClN9O2. The van der Waals surface area contributed by atoms with E-state index in [2.05, 4.69) is 35.4 Å². The molecule has 37 heavy (non-hydrogen) atoms. The van der Waals surface area contributed by atoms with E-state index in [1.165, 1.54) is 0 Å². The van der Waals surface area contributed by atoms with Crippen LogP contribution in [0, 0.1) is 6.92 Å². The van der Waals surface area contributed by atoms with Crippen LogP contribution in [0.3, 0.4) is 0 Å². The van der Waals surface area contributed by atoms with Crippen molar-refractivity contribution in [1.29, 1.82) is 0 Å². The number of aliphatic hydroxyl groups is 1. The van der Waals surface area contributed by atoms with Crippen molar-refractivity contribution in [2.75, 3.05) is 44.2 Å². The number of nitrogens with zero attached hydrogens (tertiary/aromatic N) is 8. The van der Waals surface area contributed by atoms with Crippen LogP contribution in [0.25, 0.3) is 22.3 Å². The summed E-state index contributed by atoms with van der Waals surface area (Å²) in [7, 11) is 0. The summed E-state index contributed by atoms with van der Waals surface area (Å²) in [5.74, 6) is 1.96. The molecule has 0 aliphatic carbocycles. The summed E-state index contributed by atoms with van der Waals surface area (Å²) in [5, 5.41) is 26.8. The van der Waals surface area contributed by atoms with Crippen LogP contribution in [0.4, 0.5) is 5.82 Å². The molecule has 0 bridgehead atoms. The molecule has 0 saturated carbocycles. The average Bonchev–Trinajstić information content (AvgIpc) is 3.58. The van der Waals surface area contributed by atoms with Crippen LogP contribution < -0.4 is 4.90 Å². The van der Waals surface area contributed by atoms with Gasteiger partial charge in [0.25, 0.3) is 5.91 Å². The normalized spacial score (nSPS) is 20.6. The molecule has 1 amide bonds. The Bertz CT molecular complexity index is 1420. The zero-order valence-corrected chi connectivity index (χ0v) is 21.0. The maximum absolute atomic E-state index is 12.9. The molecule has 2 fully saturated rings. The maximum Gasteiger partial charge on any atom is 0.253 e. The number of nitrogens with one attached hydrogen (secondary N) is 1. The summed E-state index contributed by atoms with van der Waals surface area (Å²) >= 11 is 5.96. The molecule has 11 nitrogen and oxygen atoms in total. The zero-order valence-electron chi connectivity index (χ0n) is 20.2. The second-order valence-electron chi connectivity index (χ2n) is 9.44. The van der Waals surface area contributed by atoms with Crippen molar-refractivity contribution in [3.63, 3.8) is 0 Å². The number of H-pyrrole nitrogens is 1. The predicted octanol–water partition coefficient (Wildman–Crippen LogP) is 1.78. The Kier molecular flexibility index (Phi) is 6.19. The molecule has 12 heteroatoms. The third kappa shape index (κ3) is 4.61. The van der Waals surface area contributed by atoms with E-state index in [9.17, 15) is 9.90 Å². The van der Waals surface area contributed by atoms with Gasteiger partial charge in [-0.25, -0.2) is 9.97 Å². The lowest BCUT2D eigenvalue weighted by Gasteiger charge is -2.38. The number of aryl methyl sites for hydroxylation is 1. The van der Waals surface area contributed by atoms with Crippen molar-refractivity contribution in [3.8, 4) is 11.4 Å². The van der Waals surface area contributed by atoms with Crippen molar-refractivity contribution in [2.45, 2.75) is 19.1 Å². The number of β-amino-alcohol motifs (C(OH)–C–C–N with tert-alkyl or cyclic N) is 1. The van der Waals surface area contributed by atoms with Gasteiger partial charge >= 0.3 is 0 Å². The van der Waals surface area contributed by atoms with Crippen molar-refractivity contribution >= 4 is 34.2 Å². The molecule has 190 valence electrons. The van der Waals surface area contributed by atoms with Gasteiger partial charge in [-0.15, -0.1) is 10.2 Å². The first-order valence-corrected chi connectivity index (χ1v) is 12.6. The Hall–Kier alpha value is -3.67. The molecule has 0 unspecified atom stereocenters. The number of piperazine rings is 1. The van der Waals surface area contributed by atoms with Gasteiger partial charge in [-0.3, -0.25) is 9.69 Å². The number of hydrogen-bond acceptors (Lipinski definition) is 9.